The van der Waals surface area contributed by atoms with Crippen molar-refractivity contribution in [2.24, 2.45) is 10.2 Å². The number of anilines is 1. The van der Waals surface area contributed by atoms with E-state index in [0.29, 0.717) is 16.5 Å². The van der Waals surface area contributed by atoms with Crippen molar-refractivity contribution < 1.29 is 13.0 Å². The number of hydrogen-bond acceptors (Lipinski definition) is 6. The van der Waals surface area contributed by atoms with Gasteiger partial charge in [-0.3, -0.25) is 9.54 Å². The molecule has 0 amide bonds. The maximum Gasteiger partial charge on any atom is 0.295 e. The summed E-state index contributed by atoms with van der Waals surface area (Å²) in [5, 5.41) is 9.12. The van der Waals surface area contributed by atoms with E-state index in [4.69, 9.17) is 5.73 Å². The Morgan fingerprint density at radius 3 is 2.09 bits per heavy atom. The topological polar surface area (TPSA) is 118 Å². The van der Waals surface area contributed by atoms with E-state index < -0.39 is 10.1 Å². The second kappa shape index (κ2) is 9.09. The number of azo groups is 1. The van der Waals surface area contributed by atoms with Crippen LogP contribution < -0.4 is 5.73 Å². The van der Waals surface area contributed by atoms with Crippen molar-refractivity contribution in [3.8, 4) is 22.4 Å². The lowest BCUT2D eigenvalue weighted by molar-refractivity contribution is 0.484. The largest absolute Gasteiger partial charge is 0.396 e. The molecule has 0 aliphatic rings. The number of fused-ring (bicyclic) bond motifs is 1. The van der Waals surface area contributed by atoms with Crippen molar-refractivity contribution in [3.63, 3.8) is 0 Å². The number of rotatable bonds is 5. The molecule has 0 radical (unpaired) electrons. The average Bonchev–Trinajstić information content (AvgIpc) is 2.88. The van der Waals surface area contributed by atoms with Gasteiger partial charge in [-0.2, -0.15) is 8.42 Å². The highest BCUT2D eigenvalue weighted by molar-refractivity contribution is 7.86. The summed E-state index contributed by atoms with van der Waals surface area (Å²) in [6.07, 6.45) is 1.58. The van der Waals surface area contributed by atoms with Crippen LogP contribution in [0.25, 0.3) is 33.2 Å². The Kier molecular flexibility index (Phi) is 5.82. The highest BCUT2D eigenvalue weighted by Crippen LogP contribution is 2.37. The van der Waals surface area contributed by atoms with Crippen LogP contribution in [-0.4, -0.2) is 18.0 Å². The molecule has 7 nitrogen and oxygen atoms in total. The van der Waals surface area contributed by atoms with Crippen molar-refractivity contribution in [2.45, 2.75) is 4.90 Å². The SMILES string of the molecule is Nc1c(N=Nc2ccc(-c3ccccc3-c3ccccc3)nc2)cc(S(=O)(=O)O)c2ccccc12. The number of nitrogen functional groups attached to an aromatic ring is 1. The molecule has 0 aliphatic heterocycles. The first kappa shape index (κ1) is 22.4. The van der Waals surface area contributed by atoms with Crippen LogP contribution in [0.5, 0.6) is 0 Å². The molecular formula is C27H20N4O3S. The van der Waals surface area contributed by atoms with E-state index in [9.17, 15) is 13.0 Å². The lowest BCUT2D eigenvalue weighted by Gasteiger charge is -2.10. The van der Waals surface area contributed by atoms with E-state index in [2.05, 4.69) is 33.4 Å². The maximum absolute atomic E-state index is 11.9. The fourth-order valence-electron chi connectivity index (χ4n) is 3.94. The lowest BCUT2D eigenvalue weighted by atomic mass is 9.97. The van der Waals surface area contributed by atoms with Gasteiger partial charge in [0.05, 0.1) is 17.6 Å². The van der Waals surface area contributed by atoms with Crippen LogP contribution in [0.15, 0.2) is 118 Å². The van der Waals surface area contributed by atoms with Crippen LogP contribution in [-0.2, 0) is 10.1 Å². The quantitative estimate of drug-likeness (QED) is 0.163. The smallest absolute Gasteiger partial charge is 0.295 e. The summed E-state index contributed by atoms with van der Waals surface area (Å²) in [6, 6.07) is 29.6. The molecule has 0 atom stereocenters. The first-order valence-electron chi connectivity index (χ1n) is 10.7. The molecule has 1 aromatic heterocycles. The molecule has 35 heavy (non-hydrogen) atoms. The van der Waals surface area contributed by atoms with Crippen LogP contribution >= 0.6 is 0 Å². The molecule has 0 unspecified atom stereocenters. The number of aromatic nitrogens is 1. The fraction of sp³-hybridized carbons (Fsp3) is 0. The van der Waals surface area contributed by atoms with E-state index in [1.807, 2.05) is 42.5 Å². The van der Waals surface area contributed by atoms with Gasteiger partial charge in [-0.1, -0.05) is 78.9 Å². The molecule has 5 rings (SSSR count). The van der Waals surface area contributed by atoms with Gasteiger partial charge in [0, 0.05) is 16.3 Å². The van der Waals surface area contributed by atoms with Gasteiger partial charge in [0.2, 0.25) is 0 Å². The molecule has 0 saturated carbocycles. The molecule has 0 saturated heterocycles. The molecule has 0 aliphatic carbocycles. The van der Waals surface area contributed by atoms with Gasteiger partial charge >= 0.3 is 0 Å². The third-order valence-electron chi connectivity index (χ3n) is 5.61. The minimum Gasteiger partial charge on any atom is -0.396 e. The Morgan fingerprint density at radius 1 is 0.743 bits per heavy atom. The van der Waals surface area contributed by atoms with Crippen molar-refractivity contribution in [1.29, 1.82) is 0 Å². The third kappa shape index (κ3) is 4.52. The highest BCUT2D eigenvalue weighted by Gasteiger charge is 2.18. The lowest BCUT2D eigenvalue weighted by Crippen LogP contribution is -2.01. The molecule has 4 aromatic carbocycles. The zero-order valence-electron chi connectivity index (χ0n) is 18.4. The predicted molar refractivity (Wildman–Crippen MR) is 137 cm³/mol. The van der Waals surface area contributed by atoms with Crippen LogP contribution in [0.1, 0.15) is 0 Å². The monoisotopic (exact) mass is 480 g/mol. The van der Waals surface area contributed by atoms with Crippen LogP contribution in [0.3, 0.4) is 0 Å². The summed E-state index contributed by atoms with van der Waals surface area (Å²) in [4.78, 5) is 4.28. The first-order chi connectivity index (χ1) is 16.9. The Balaban J connectivity index is 1.50. The zero-order chi connectivity index (χ0) is 24.4. The number of hydrogen-bond donors (Lipinski definition) is 2. The molecule has 8 heteroatoms. The number of pyridine rings is 1. The van der Waals surface area contributed by atoms with E-state index in [1.54, 1.807) is 36.5 Å². The second-order valence-electron chi connectivity index (χ2n) is 7.84. The maximum atomic E-state index is 11.9. The molecule has 172 valence electrons. The summed E-state index contributed by atoms with van der Waals surface area (Å²) in [5.41, 5.74) is 11.0. The third-order valence-corrected chi connectivity index (χ3v) is 6.51. The molecule has 3 N–H and O–H groups in total. The normalized spacial score (nSPS) is 11.8. The van der Waals surface area contributed by atoms with Gasteiger partial charge in [-0.05, 0) is 29.3 Å². The Hall–Kier alpha value is -4.40. The predicted octanol–water partition coefficient (Wildman–Crippen LogP) is 6.81. The van der Waals surface area contributed by atoms with Gasteiger partial charge in [0.15, 0.2) is 0 Å². The molecule has 0 spiro atoms. The van der Waals surface area contributed by atoms with Gasteiger partial charge in [-0.15, -0.1) is 10.2 Å². The van der Waals surface area contributed by atoms with E-state index in [-0.39, 0.29) is 16.3 Å². The summed E-state index contributed by atoms with van der Waals surface area (Å²) < 4.78 is 33.5. The second-order valence-corrected chi connectivity index (χ2v) is 9.23. The molecule has 5 aromatic rings. The van der Waals surface area contributed by atoms with Crippen LogP contribution in [0.2, 0.25) is 0 Å². The Bertz CT molecular complexity index is 1670. The van der Waals surface area contributed by atoms with Gasteiger partial charge in [0.1, 0.15) is 16.3 Å². The van der Waals surface area contributed by atoms with Gasteiger partial charge in [-0.25, -0.2) is 0 Å². The zero-order valence-corrected chi connectivity index (χ0v) is 19.2. The average molecular weight is 481 g/mol. The van der Waals surface area contributed by atoms with Gasteiger partial charge < -0.3 is 5.73 Å². The minimum absolute atomic E-state index is 0.134. The highest BCUT2D eigenvalue weighted by atomic mass is 32.2. The van der Waals surface area contributed by atoms with Crippen LogP contribution in [0.4, 0.5) is 17.1 Å². The number of benzene rings is 4. The summed E-state index contributed by atoms with van der Waals surface area (Å²) >= 11 is 0. The van der Waals surface area contributed by atoms with Crippen LogP contribution in [0, 0.1) is 0 Å². The summed E-state index contributed by atoms with van der Waals surface area (Å²) in [5.74, 6) is 0. The Labute approximate surface area is 202 Å². The summed E-state index contributed by atoms with van der Waals surface area (Å²) in [6.45, 7) is 0. The first-order valence-corrected chi connectivity index (χ1v) is 12.2. The standard InChI is InChI=1S/C27H20N4O3S/c28-27-23-13-7-6-12-22(23)26(35(32,33)34)16-25(27)31-30-19-14-15-24(29-17-19)21-11-5-4-10-20(21)18-8-2-1-3-9-18/h1-17H,28H2,(H,32,33,34). The fourth-order valence-corrected chi connectivity index (χ4v) is 4.66. The number of nitrogens with zero attached hydrogens (tertiary/aromatic N) is 3. The Morgan fingerprint density at radius 2 is 1.40 bits per heavy atom. The van der Waals surface area contributed by atoms with Gasteiger partial charge in [0.25, 0.3) is 10.1 Å². The van der Waals surface area contributed by atoms with E-state index in [1.165, 1.54) is 6.07 Å². The van der Waals surface area contributed by atoms with Crippen molar-refractivity contribution >= 4 is 38.0 Å². The van der Waals surface area contributed by atoms with E-state index >= 15 is 0 Å². The van der Waals surface area contributed by atoms with Crippen molar-refractivity contribution in [3.05, 3.63) is 103 Å². The minimum atomic E-state index is -4.48. The van der Waals surface area contributed by atoms with E-state index in [0.717, 1.165) is 22.4 Å². The number of nitrogens with two attached hydrogens (primary N) is 1. The molecule has 0 bridgehead atoms. The summed E-state index contributed by atoms with van der Waals surface area (Å²) in [7, 11) is -4.48. The van der Waals surface area contributed by atoms with Crippen molar-refractivity contribution in [2.75, 3.05) is 5.73 Å². The molecule has 0 fully saturated rings. The molecular weight excluding hydrogens is 460 g/mol. The van der Waals surface area contributed by atoms with Crippen molar-refractivity contribution in [1.82, 2.24) is 4.98 Å². The molecule has 1 heterocycles.